The quantitative estimate of drug-likeness (QED) is 0.245. The molecule has 0 bridgehead atoms. The lowest BCUT2D eigenvalue weighted by molar-refractivity contribution is 0.0664. The van der Waals surface area contributed by atoms with Gasteiger partial charge in [-0.3, -0.25) is 4.79 Å². The second-order valence-corrected chi connectivity index (χ2v) is 9.42. The lowest BCUT2D eigenvalue weighted by Gasteiger charge is -2.32. The number of rotatable bonds is 4. The number of nitrogens with one attached hydrogen (secondary N) is 1. The predicted molar refractivity (Wildman–Crippen MR) is 145 cm³/mol. The number of hydrogen-bond donors (Lipinski definition) is 4. The molecule has 8 nitrogen and oxygen atoms in total. The van der Waals surface area contributed by atoms with Crippen LogP contribution in [0.4, 0.5) is 17.1 Å². The molecule has 0 radical (unpaired) electrons. The van der Waals surface area contributed by atoms with Crippen molar-refractivity contribution in [1.82, 2.24) is 14.8 Å². The minimum atomic E-state index is -0.0386. The van der Waals surface area contributed by atoms with Crippen LogP contribution in [0.3, 0.4) is 0 Å². The van der Waals surface area contributed by atoms with Crippen LogP contribution in [0.5, 0.6) is 5.88 Å². The van der Waals surface area contributed by atoms with Gasteiger partial charge in [-0.2, -0.15) is 0 Å². The van der Waals surface area contributed by atoms with Crippen molar-refractivity contribution in [1.29, 1.82) is 0 Å². The molecule has 1 aromatic heterocycles. The maximum Gasteiger partial charge on any atom is 0.253 e. The topological polar surface area (TPSA) is 124 Å². The summed E-state index contributed by atoms with van der Waals surface area (Å²) in [4.78, 5) is 24.9. The summed E-state index contributed by atoms with van der Waals surface area (Å²) in [7, 11) is 2.06. The highest BCUT2D eigenvalue weighted by Gasteiger charge is 2.21. The number of H-pyrrole nitrogens is 1. The summed E-state index contributed by atoms with van der Waals surface area (Å²) in [5, 5.41) is 12.2. The minimum absolute atomic E-state index is 0.0105. The molecule has 1 aliphatic heterocycles. The van der Waals surface area contributed by atoms with Gasteiger partial charge >= 0.3 is 0 Å². The van der Waals surface area contributed by atoms with Gasteiger partial charge < -0.3 is 31.4 Å². The summed E-state index contributed by atoms with van der Waals surface area (Å²) < 4.78 is 0. The van der Waals surface area contributed by atoms with E-state index in [1.54, 1.807) is 48.5 Å². The number of nitrogens with two attached hydrogens (primary N) is 2. The van der Waals surface area contributed by atoms with E-state index in [0.29, 0.717) is 63.1 Å². The first-order valence-electron chi connectivity index (χ1n) is 11.6. The molecule has 1 aliphatic rings. The maximum atomic E-state index is 12.9. The van der Waals surface area contributed by atoms with Crippen LogP contribution in [0.1, 0.15) is 21.5 Å². The number of halogens is 1. The van der Waals surface area contributed by atoms with Crippen LogP contribution >= 0.6 is 11.6 Å². The third-order valence-electron chi connectivity index (χ3n) is 6.48. The predicted octanol–water partition coefficient (Wildman–Crippen LogP) is 4.25. The molecule has 1 fully saturated rings. The molecule has 0 aliphatic carbocycles. The number of nitrogen functional groups attached to an aromatic ring is 2. The van der Waals surface area contributed by atoms with Crippen molar-refractivity contribution in [3.05, 3.63) is 82.4 Å². The number of hydrogen-bond acceptors (Lipinski definition) is 6. The largest absolute Gasteiger partial charge is 0.494 e. The zero-order valence-electron chi connectivity index (χ0n) is 19.8. The number of aromatic hydroxyl groups is 1. The highest BCUT2D eigenvalue weighted by molar-refractivity contribution is 6.31. The first kappa shape index (κ1) is 23.7. The van der Waals surface area contributed by atoms with Gasteiger partial charge in [0, 0.05) is 47.7 Å². The number of carbonyl (C=O) groups is 1. The van der Waals surface area contributed by atoms with Gasteiger partial charge in [-0.15, -0.1) is 0 Å². The van der Waals surface area contributed by atoms with E-state index < -0.39 is 0 Å². The number of aromatic nitrogens is 1. The van der Waals surface area contributed by atoms with Gasteiger partial charge in [-0.05, 0) is 55.6 Å². The fourth-order valence-corrected chi connectivity index (χ4v) is 4.55. The first-order chi connectivity index (χ1) is 17.3. The maximum absolute atomic E-state index is 12.9. The van der Waals surface area contributed by atoms with E-state index in [1.165, 1.54) is 0 Å². The SMILES string of the molecule is CN1CCN(C(=O)c2ccc(N=C(c3ccc(N)c(N)c3)c3c(O)[nH]c4cc(Cl)ccc34)cc2)CC1. The van der Waals surface area contributed by atoms with Gasteiger partial charge in [-0.25, -0.2) is 4.99 Å². The van der Waals surface area contributed by atoms with E-state index in [4.69, 9.17) is 28.1 Å². The second kappa shape index (κ2) is 9.56. The Hall–Kier alpha value is -4.01. The Morgan fingerprint density at radius 3 is 2.33 bits per heavy atom. The molecule has 184 valence electrons. The van der Waals surface area contributed by atoms with Gasteiger partial charge in [0.25, 0.3) is 5.91 Å². The number of likely N-dealkylation sites (N-methyl/N-ethyl adjacent to an activating group) is 1. The average molecular weight is 503 g/mol. The molecule has 1 amide bonds. The van der Waals surface area contributed by atoms with Crippen molar-refractivity contribution < 1.29 is 9.90 Å². The second-order valence-electron chi connectivity index (χ2n) is 8.98. The minimum Gasteiger partial charge on any atom is -0.494 e. The monoisotopic (exact) mass is 502 g/mol. The molecular formula is C27H27ClN6O2. The van der Waals surface area contributed by atoms with E-state index in [2.05, 4.69) is 16.9 Å². The molecule has 0 spiro atoms. The van der Waals surface area contributed by atoms with Crippen molar-refractivity contribution in [3.63, 3.8) is 0 Å². The Morgan fingerprint density at radius 1 is 0.944 bits per heavy atom. The number of aliphatic imine (C=N–C) groups is 1. The Balaban J connectivity index is 1.56. The van der Waals surface area contributed by atoms with E-state index in [0.717, 1.165) is 18.5 Å². The molecule has 6 N–H and O–H groups in total. The molecule has 4 aromatic rings. The van der Waals surface area contributed by atoms with Crippen molar-refractivity contribution in [3.8, 4) is 5.88 Å². The number of fused-ring (bicyclic) bond motifs is 1. The molecular weight excluding hydrogens is 476 g/mol. The lowest BCUT2D eigenvalue weighted by Crippen LogP contribution is -2.47. The molecule has 0 saturated carbocycles. The summed E-state index contributed by atoms with van der Waals surface area (Å²) in [5.74, 6) is -0.0282. The van der Waals surface area contributed by atoms with Crippen molar-refractivity contribution in [2.75, 3.05) is 44.7 Å². The third-order valence-corrected chi connectivity index (χ3v) is 6.72. The van der Waals surface area contributed by atoms with E-state index in [-0.39, 0.29) is 11.8 Å². The van der Waals surface area contributed by atoms with Crippen LogP contribution in [0.15, 0.2) is 65.7 Å². The molecule has 2 heterocycles. The third kappa shape index (κ3) is 4.60. The molecule has 0 atom stereocenters. The van der Waals surface area contributed by atoms with Gasteiger partial charge in [0.05, 0.1) is 33.9 Å². The van der Waals surface area contributed by atoms with Gasteiger partial charge in [0.2, 0.25) is 0 Å². The number of carbonyl (C=O) groups excluding carboxylic acids is 1. The van der Waals surface area contributed by atoms with Crippen LogP contribution in [-0.4, -0.2) is 64.7 Å². The van der Waals surface area contributed by atoms with Gasteiger partial charge in [-0.1, -0.05) is 23.7 Å². The number of aromatic amines is 1. The van der Waals surface area contributed by atoms with Crippen LogP contribution in [0.2, 0.25) is 5.02 Å². The normalized spacial score (nSPS) is 14.9. The van der Waals surface area contributed by atoms with Crippen molar-refractivity contribution >= 4 is 51.2 Å². The Kier molecular flexibility index (Phi) is 6.30. The Morgan fingerprint density at radius 2 is 1.64 bits per heavy atom. The summed E-state index contributed by atoms with van der Waals surface area (Å²) in [5.41, 5.74) is 16.5. The van der Waals surface area contributed by atoms with Crippen LogP contribution in [-0.2, 0) is 0 Å². The fraction of sp³-hybridized carbons (Fsp3) is 0.185. The van der Waals surface area contributed by atoms with Gasteiger partial charge in [0.1, 0.15) is 0 Å². The molecule has 0 unspecified atom stereocenters. The number of nitrogens with zero attached hydrogens (tertiary/aromatic N) is 3. The Bertz CT molecular complexity index is 1470. The van der Waals surface area contributed by atoms with E-state index in [1.807, 2.05) is 17.0 Å². The average Bonchev–Trinajstić information content (AvgIpc) is 3.19. The zero-order valence-corrected chi connectivity index (χ0v) is 20.6. The first-order valence-corrected chi connectivity index (χ1v) is 12.0. The highest BCUT2D eigenvalue weighted by atomic mass is 35.5. The molecule has 9 heteroatoms. The zero-order chi connectivity index (χ0) is 25.4. The van der Waals surface area contributed by atoms with E-state index in [9.17, 15) is 9.90 Å². The fourth-order valence-electron chi connectivity index (χ4n) is 4.38. The number of piperazine rings is 1. The molecule has 1 saturated heterocycles. The van der Waals surface area contributed by atoms with Crippen molar-refractivity contribution in [2.24, 2.45) is 4.99 Å². The van der Waals surface area contributed by atoms with E-state index >= 15 is 0 Å². The standard InChI is InChI=1S/C27H27ClN6O2/c1-33-10-12-34(13-11-33)27(36)16-2-6-19(7-3-16)31-25(17-4-9-21(29)22(30)14-17)24-20-8-5-18(28)15-23(20)32-26(24)35/h2-9,14-15,32,35H,10-13,29-30H2,1H3. The highest BCUT2D eigenvalue weighted by Crippen LogP contribution is 2.33. The van der Waals surface area contributed by atoms with Crippen LogP contribution in [0, 0.1) is 0 Å². The summed E-state index contributed by atoms with van der Waals surface area (Å²) in [6.45, 7) is 3.15. The van der Waals surface area contributed by atoms with Crippen LogP contribution < -0.4 is 11.5 Å². The summed E-state index contributed by atoms with van der Waals surface area (Å²) in [6.07, 6.45) is 0. The molecule has 36 heavy (non-hydrogen) atoms. The summed E-state index contributed by atoms with van der Waals surface area (Å²) in [6, 6.07) is 17.7. The molecule has 3 aromatic carbocycles. The number of benzene rings is 3. The lowest BCUT2D eigenvalue weighted by atomic mass is 9.99. The molecule has 5 rings (SSSR count). The van der Waals surface area contributed by atoms with Gasteiger partial charge in [0.15, 0.2) is 5.88 Å². The summed E-state index contributed by atoms with van der Waals surface area (Å²) >= 11 is 6.15. The van der Waals surface area contributed by atoms with Crippen molar-refractivity contribution in [2.45, 2.75) is 0 Å². The van der Waals surface area contributed by atoms with Crippen LogP contribution in [0.25, 0.3) is 10.9 Å². The smallest absolute Gasteiger partial charge is 0.253 e. The number of anilines is 2. The Labute approximate surface area is 213 Å². The number of amides is 1.